The lowest BCUT2D eigenvalue weighted by molar-refractivity contribution is 0.250. The molecule has 28 heavy (non-hydrogen) atoms. The third-order valence-corrected chi connectivity index (χ3v) is 4.54. The van der Waals surface area contributed by atoms with E-state index in [1.807, 2.05) is 60.7 Å². The van der Waals surface area contributed by atoms with Crippen LogP contribution in [0.4, 0.5) is 10.5 Å². The lowest BCUT2D eigenvalue weighted by Crippen LogP contribution is -2.33. The Morgan fingerprint density at radius 3 is 2.61 bits per heavy atom. The summed E-state index contributed by atoms with van der Waals surface area (Å²) in [6.45, 7) is 0. The number of nitrogens with one attached hydrogen (secondary N) is 3. The van der Waals surface area contributed by atoms with Gasteiger partial charge >= 0.3 is 6.03 Å². The largest absolute Gasteiger partial charge is 0.495 e. The number of aromatic amines is 1. The van der Waals surface area contributed by atoms with Gasteiger partial charge in [0.1, 0.15) is 5.75 Å². The van der Waals surface area contributed by atoms with Gasteiger partial charge in [-0.2, -0.15) is 0 Å². The molecule has 0 fully saturated rings. The van der Waals surface area contributed by atoms with Gasteiger partial charge in [-0.15, -0.1) is 0 Å². The number of urea groups is 1. The molecule has 0 saturated heterocycles. The van der Waals surface area contributed by atoms with Gasteiger partial charge in [-0.05, 0) is 35.4 Å². The number of carbonyl (C=O) groups excluding carboxylic acids is 1. The average Bonchev–Trinajstić information content (AvgIpc) is 3.21. The lowest BCUT2D eigenvalue weighted by atomic mass is 9.98. The molecule has 0 saturated carbocycles. The number of methoxy groups -OCH3 is 1. The van der Waals surface area contributed by atoms with Gasteiger partial charge in [0.05, 0.1) is 36.2 Å². The Balaban J connectivity index is 1.63. The Labute approximate surface area is 162 Å². The van der Waals surface area contributed by atoms with Crippen LogP contribution in [0.1, 0.15) is 17.2 Å². The Morgan fingerprint density at radius 2 is 1.79 bits per heavy atom. The lowest BCUT2D eigenvalue weighted by Gasteiger charge is -2.21. The van der Waals surface area contributed by atoms with Crippen molar-refractivity contribution in [1.82, 2.24) is 15.3 Å². The summed E-state index contributed by atoms with van der Waals surface area (Å²) >= 11 is 0. The van der Waals surface area contributed by atoms with Crippen LogP contribution in [0.2, 0.25) is 0 Å². The quantitative estimate of drug-likeness (QED) is 0.483. The van der Waals surface area contributed by atoms with Crippen LogP contribution in [0, 0.1) is 0 Å². The molecule has 1 heterocycles. The van der Waals surface area contributed by atoms with Crippen molar-refractivity contribution in [3.8, 4) is 5.75 Å². The van der Waals surface area contributed by atoms with Gasteiger partial charge in [0.25, 0.3) is 0 Å². The smallest absolute Gasteiger partial charge is 0.320 e. The first-order valence-electron chi connectivity index (χ1n) is 8.93. The van der Waals surface area contributed by atoms with E-state index in [-0.39, 0.29) is 12.1 Å². The number of imidazole rings is 1. The van der Waals surface area contributed by atoms with E-state index in [0.717, 1.165) is 22.2 Å². The maximum atomic E-state index is 12.8. The van der Waals surface area contributed by atoms with Gasteiger partial charge in [0.15, 0.2) is 0 Å². The number of nitrogens with zero attached hydrogens (tertiary/aromatic N) is 1. The number of H-pyrrole nitrogens is 1. The highest BCUT2D eigenvalue weighted by atomic mass is 16.5. The second-order valence-corrected chi connectivity index (χ2v) is 6.32. The zero-order valence-electron chi connectivity index (χ0n) is 15.3. The third-order valence-electron chi connectivity index (χ3n) is 4.54. The molecule has 2 amide bonds. The third kappa shape index (κ3) is 3.66. The van der Waals surface area contributed by atoms with Gasteiger partial charge < -0.3 is 20.4 Å². The molecule has 1 unspecified atom stereocenters. The van der Waals surface area contributed by atoms with Gasteiger partial charge in [0, 0.05) is 0 Å². The molecule has 3 N–H and O–H groups in total. The normalized spacial score (nSPS) is 11.8. The van der Waals surface area contributed by atoms with Crippen LogP contribution >= 0.6 is 0 Å². The number of hydrogen-bond donors (Lipinski definition) is 3. The van der Waals surface area contributed by atoms with E-state index in [1.165, 1.54) is 0 Å². The molecular formula is C22H20N4O2. The highest BCUT2D eigenvalue weighted by molar-refractivity contribution is 5.91. The molecule has 0 aliphatic heterocycles. The fourth-order valence-corrected chi connectivity index (χ4v) is 3.17. The maximum absolute atomic E-state index is 12.8. The SMILES string of the molecule is COc1ccccc1NC(=O)NC(c1ccccc1)c1ccc2nc[nH]c2c1. The predicted octanol–water partition coefficient (Wildman–Crippen LogP) is 4.48. The van der Waals surface area contributed by atoms with Crippen LogP contribution in [0.5, 0.6) is 5.75 Å². The van der Waals surface area contributed by atoms with Crippen molar-refractivity contribution in [2.45, 2.75) is 6.04 Å². The minimum Gasteiger partial charge on any atom is -0.495 e. The molecule has 6 heteroatoms. The van der Waals surface area contributed by atoms with Crippen molar-refractivity contribution in [3.05, 3.63) is 90.3 Å². The van der Waals surface area contributed by atoms with E-state index >= 15 is 0 Å². The summed E-state index contributed by atoms with van der Waals surface area (Å²) in [5, 5.41) is 5.93. The van der Waals surface area contributed by atoms with Gasteiger partial charge in [-0.3, -0.25) is 0 Å². The maximum Gasteiger partial charge on any atom is 0.320 e. The van der Waals surface area contributed by atoms with E-state index in [1.54, 1.807) is 25.6 Å². The van der Waals surface area contributed by atoms with Crippen molar-refractivity contribution in [1.29, 1.82) is 0 Å². The molecule has 4 rings (SSSR count). The average molecular weight is 372 g/mol. The number of anilines is 1. The second-order valence-electron chi connectivity index (χ2n) is 6.32. The summed E-state index contributed by atoms with van der Waals surface area (Å²) in [7, 11) is 1.57. The molecule has 0 spiro atoms. The molecule has 6 nitrogen and oxygen atoms in total. The number of carbonyl (C=O) groups is 1. The molecule has 0 radical (unpaired) electrons. The Hall–Kier alpha value is -3.80. The molecule has 0 aliphatic carbocycles. The van der Waals surface area contributed by atoms with Crippen LogP contribution in [-0.2, 0) is 0 Å². The summed E-state index contributed by atoms with van der Waals surface area (Å²) in [6.07, 6.45) is 1.66. The van der Waals surface area contributed by atoms with Crippen molar-refractivity contribution in [3.63, 3.8) is 0 Å². The molecular weight excluding hydrogens is 352 g/mol. The highest BCUT2D eigenvalue weighted by Gasteiger charge is 2.18. The fraction of sp³-hybridized carbons (Fsp3) is 0.0909. The van der Waals surface area contributed by atoms with Crippen LogP contribution in [0.15, 0.2) is 79.1 Å². The minimum atomic E-state index is -0.317. The Bertz CT molecular complexity index is 1090. The summed E-state index contributed by atoms with van der Waals surface area (Å²) < 4.78 is 5.31. The van der Waals surface area contributed by atoms with Gasteiger partial charge in [-0.25, -0.2) is 9.78 Å². The summed E-state index contributed by atoms with van der Waals surface area (Å²) in [5.41, 5.74) is 4.35. The summed E-state index contributed by atoms with van der Waals surface area (Å²) in [5.74, 6) is 0.604. The monoisotopic (exact) mass is 372 g/mol. The van der Waals surface area contributed by atoms with Crippen molar-refractivity contribution < 1.29 is 9.53 Å². The number of hydrogen-bond acceptors (Lipinski definition) is 3. The first-order valence-corrected chi connectivity index (χ1v) is 8.93. The molecule has 3 aromatic carbocycles. The molecule has 1 atom stereocenters. The molecule has 0 aliphatic rings. The van der Waals surface area contributed by atoms with Crippen molar-refractivity contribution in [2.75, 3.05) is 12.4 Å². The second kappa shape index (κ2) is 7.84. The first-order chi connectivity index (χ1) is 13.7. The fourth-order valence-electron chi connectivity index (χ4n) is 3.17. The number of amides is 2. The van der Waals surface area contributed by atoms with Gasteiger partial charge in [-0.1, -0.05) is 48.5 Å². The first kappa shape index (κ1) is 17.6. The number of ether oxygens (including phenoxy) is 1. The van der Waals surface area contributed by atoms with E-state index in [2.05, 4.69) is 20.6 Å². The molecule has 1 aromatic heterocycles. The standard InChI is InChI=1S/C22H20N4O2/c1-28-20-10-6-5-9-18(20)25-22(27)26-21(15-7-3-2-4-8-15)16-11-12-17-19(13-16)24-14-23-17/h2-14,21H,1H3,(H,23,24)(H2,25,26,27). The highest BCUT2D eigenvalue weighted by Crippen LogP contribution is 2.26. The summed E-state index contributed by atoms with van der Waals surface area (Å²) in [4.78, 5) is 20.1. The number of benzene rings is 3. The predicted molar refractivity (Wildman–Crippen MR) is 110 cm³/mol. The molecule has 4 aromatic rings. The zero-order chi connectivity index (χ0) is 19.3. The number of aromatic nitrogens is 2. The van der Waals surface area contributed by atoms with Crippen molar-refractivity contribution in [2.24, 2.45) is 0 Å². The van der Waals surface area contributed by atoms with Crippen LogP contribution < -0.4 is 15.4 Å². The van der Waals surface area contributed by atoms with Crippen LogP contribution in [0.25, 0.3) is 11.0 Å². The van der Waals surface area contributed by atoms with E-state index in [9.17, 15) is 4.79 Å². The van der Waals surface area contributed by atoms with Crippen molar-refractivity contribution >= 4 is 22.8 Å². The molecule has 0 bridgehead atoms. The Kier molecular flexibility index (Phi) is 4.93. The van der Waals surface area contributed by atoms with E-state index in [4.69, 9.17) is 4.74 Å². The molecule has 140 valence electrons. The minimum absolute atomic E-state index is 0.316. The van der Waals surface area contributed by atoms with Crippen LogP contribution in [-0.4, -0.2) is 23.1 Å². The van der Waals surface area contributed by atoms with E-state index in [0.29, 0.717) is 11.4 Å². The van der Waals surface area contributed by atoms with E-state index < -0.39 is 0 Å². The van der Waals surface area contributed by atoms with Crippen LogP contribution in [0.3, 0.4) is 0 Å². The zero-order valence-corrected chi connectivity index (χ0v) is 15.3. The summed E-state index contributed by atoms with van der Waals surface area (Å²) in [6, 6.07) is 22.4. The topological polar surface area (TPSA) is 79.0 Å². The van der Waals surface area contributed by atoms with Gasteiger partial charge in [0.2, 0.25) is 0 Å². The number of fused-ring (bicyclic) bond motifs is 1. The Morgan fingerprint density at radius 1 is 1.00 bits per heavy atom. The number of rotatable bonds is 5. The number of para-hydroxylation sites is 2.